The van der Waals surface area contributed by atoms with Crippen LogP contribution in [-0.2, 0) is 4.79 Å². The Bertz CT molecular complexity index is 480. The summed E-state index contributed by atoms with van der Waals surface area (Å²) in [5.74, 6) is -1.08. The van der Waals surface area contributed by atoms with E-state index in [9.17, 15) is 9.18 Å². The SMILES string of the molecule is O=C1N=c2cccc(F)c2=C1Cl. The molecule has 2 nitrogen and oxygen atoms in total. The Labute approximate surface area is 72.0 Å². The Balaban J connectivity index is 3.04. The highest BCUT2D eigenvalue weighted by atomic mass is 35.5. The molecule has 0 radical (unpaired) electrons. The van der Waals surface area contributed by atoms with Crippen LogP contribution in [0.4, 0.5) is 4.39 Å². The van der Waals surface area contributed by atoms with Gasteiger partial charge >= 0.3 is 0 Å². The van der Waals surface area contributed by atoms with E-state index in [1.807, 2.05) is 0 Å². The summed E-state index contributed by atoms with van der Waals surface area (Å²) in [4.78, 5) is 14.4. The van der Waals surface area contributed by atoms with Crippen molar-refractivity contribution in [3.63, 3.8) is 0 Å². The van der Waals surface area contributed by atoms with E-state index in [0.717, 1.165) is 0 Å². The van der Waals surface area contributed by atoms with Gasteiger partial charge in [0.25, 0.3) is 5.91 Å². The lowest BCUT2D eigenvalue weighted by Crippen LogP contribution is -2.25. The minimum Gasteiger partial charge on any atom is -0.266 e. The van der Waals surface area contributed by atoms with E-state index in [1.165, 1.54) is 12.1 Å². The Morgan fingerprint density at radius 2 is 2.17 bits per heavy atom. The average Bonchev–Trinajstić information content (AvgIpc) is 2.29. The number of hydrogen-bond acceptors (Lipinski definition) is 1. The van der Waals surface area contributed by atoms with Gasteiger partial charge in [-0.1, -0.05) is 17.7 Å². The van der Waals surface area contributed by atoms with Crippen molar-refractivity contribution in [3.8, 4) is 0 Å². The molecule has 60 valence electrons. The number of carbonyl (C=O) groups excluding carboxylic acids is 1. The molecule has 0 saturated carbocycles. The Morgan fingerprint density at radius 3 is 2.83 bits per heavy atom. The van der Waals surface area contributed by atoms with Gasteiger partial charge in [0.1, 0.15) is 10.8 Å². The zero-order valence-electron chi connectivity index (χ0n) is 5.84. The summed E-state index contributed by atoms with van der Waals surface area (Å²) in [6.45, 7) is 0. The highest BCUT2D eigenvalue weighted by Gasteiger charge is 2.15. The first-order valence-corrected chi connectivity index (χ1v) is 3.65. The second kappa shape index (κ2) is 2.38. The Hall–Kier alpha value is -1.22. The van der Waals surface area contributed by atoms with Gasteiger partial charge in [0.15, 0.2) is 0 Å². The van der Waals surface area contributed by atoms with E-state index >= 15 is 0 Å². The molecule has 0 spiro atoms. The number of rotatable bonds is 0. The van der Waals surface area contributed by atoms with Gasteiger partial charge in [0, 0.05) is 0 Å². The molecule has 1 aromatic rings. The van der Waals surface area contributed by atoms with Crippen LogP contribution in [0.3, 0.4) is 0 Å². The van der Waals surface area contributed by atoms with Crippen molar-refractivity contribution in [1.29, 1.82) is 0 Å². The molecule has 0 aliphatic carbocycles. The van der Waals surface area contributed by atoms with Crippen LogP contribution in [0.1, 0.15) is 0 Å². The molecule has 0 unspecified atom stereocenters. The number of amides is 1. The van der Waals surface area contributed by atoms with Crippen LogP contribution in [0.15, 0.2) is 23.2 Å². The van der Waals surface area contributed by atoms with Gasteiger partial charge in [-0.2, -0.15) is 0 Å². The fourth-order valence-electron chi connectivity index (χ4n) is 1.09. The molecule has 0 fully saturated rings. The third kappa shape index (κ3) is 0.865. The van der Waals surface area contributed by atoms with E-state index in [1.54, 1.807) is 6.07 Å². The maximum Gasteiger partial charge on any atom is 0.289 e. The molecule has 1 aromatic carbocycles. The van der Waals surface area contributed by atoms with E-state index in [4.69, 9.17) is 11.6 Å². The van der Waals surface area contributed by atoms with Crippen LogP contribution in [0, 0.1) is 5.82 Å². The van der Waals surface area contributed by atoms with Gasteiger partial charge in [-0.15, -0.1) is 0 Å². The molecule has 12 heavy (non-hydrogen) atoms. The first-order valence-electron chi connectivity index (χ1n) is 3.27. The molecule has 1 aliphatic heterocycles. The van der Waals surface area contributed by atoms with E-state index in [2.05, 4.69) is 4.99 Å². The second-order valence-electron chi connectivity index (χ2n) is 2.36. The molecule has 1 aliphatic rings. The molecule has 4 heteroatoms. The van der Waals surface area contributed by atoms with Crippen molar-refractivity contribution in [2.75, 3.05) is 0 Å². The molecule has 0 atom stereocenters. The number of carbonyl (C=O) groups is 1. The van der Waals surface area contributed by atoms with Crippen molar-refractivity contribution in [1.82, 2.24) is 0 Å². The fraction of sp³-hybridized carbons (Fsp3) is 0. The van der Waals surface area contributed by atoms with Gasteiger partial charge in [-0.05, 0) is 12.1 Å². The standard InChI is InChI=1S/C8H3ClFNO/c9-7-6-4(10)2-1-3-5(6)11-8(7)12/h1-3H. The first-order chi connectivity index (χ1) is 5.70. The molecule has 2 rings (SSSR count). The average molecular weight is 184 g/mol. The summed E-state index contributed by atoms with van der Waals surface area (Å²) in [6, 6.07) is 4.28. The van der Waals surface area contributed by atoms with Crippen molar-refractivity contribution in [3.05, 3.63) is 34.6 Å². The zero-order chi connectivity index (χ0) is 8.72. The van der Waals surface area contributed by atoms with E-state index in [-0.39, 0.29) is 10.3 Å². The summed E-state index contributed by atoms with van der Waals surface area (Å²) in [5, 5.41) is 0.289. The quantitative estimate of drug-likeness (QED) is 0.570. The topological polar surface area (TPSA) is 29.4 Å². The minimum atomic E-state index is -0.572. The number of benzene rings is 1. The monoisotopic (exact) mass is 183 g/mol. The summed E-state index contributed by atoms with van der Waals surface area (Å²) < 4.78 is 13.0. The van der Waals surface area contributed by atoms with E-state index in [0.29, 0.717) is 5.36 Å². The molecule has 1 heterocycles. The summed E-state index contributed by atoms with van der Waals surface area (Å²) in [6.07, 6.45) is 0. The molecule has 1 amide bonds. The van der Waals surface area contributed by atoms with Crippen LogP contribution >= 0.6 is 11.6 Å². The zero-order valence-corrected chi connectivity index (χ0v) is 6.60. The minimum absolute atomic E-state index is 0.115. The predicted octanol–water partition coefficient (Wildman–Crippen LogP) is 0.333. The molecule has 0 saturated heterocycles. The largest absolute Gasteiger partial charge is 0.289 e. The van der Waals surface area contributed by atoms with Crippen LogP contribution < -0.4 is 10.6 Å². The van der Waals surface area contributed by atoms with E-state index < -0.39 is 11.7 Å². The van der Waals surface area contributed by atoms with Crippen molar-refractivity contribution in [2.45, 2.75) is 0 Å². The molecular formula is C8H3ClFNO. The molecule has 0 bridgehead atoms. The normalized spacial score (nSPS) is 14.5. The summed E-state index contributed by atoms with van der Waals surface area (Å²) >= 11 is 5.53. The Morgan fingerprint density at radius 1 is 1.42 bits per heavy atom. The van der Waals surface area contributed by atoms with Gasteiger partial charge in [0.05, 0.1) is 10.6 Å². The van der Waals surface area contributed by atoms with Crippen LogP contribution in [0.2, 0.25) is 0 Å². The number of halogens is 2. The van der Waals surface area contributed by atoms with Gasteiger partial charge in [-0.25, -0.2) is 9.38 Å². The smallest absolute Gasteiger partial charge is 0.266 e. The van der Waals surface area contributed by atoms with Crippen molar-refractivity contribution < 1.29 is 9.18 Å². The predicted molar refractivity (Wildman–Crippen MR) is 41.4 cm³/mol. The van der Waals surface area contributed by atoms with Crippen LogP contribution in [0.25, 0.3) is 5.03 Å². The number of nitrogens with zero attached hydrogens (tertiary/aromatic N) is 1. The third-order valence-electron chi connectivity index (χ3n) is 1.62. The van der Waals surface area contributed by atoms with Gasteiger partial charge in [0.2, 0.25) is 0 Å². The van der Waals surface area contributed by atoms with Crippen molar-refractivity contribution >= 4 is 22.5 Å². The number of fused-ring (bicyclic) bond motifs is 1. The third-order valence-corrected chi connectivity index (χ3v) is 1.97. The second-order valence-corrected chi connectivity index (χ2v) is 2.74. The number of hydrogen-bond donors (Lipinski definition) is 0. The fourth-order valence-corrected chi connectivity index (χ4v) is 1.32. The first kappa shape index (κ1) is 7.43. The lowest BCUT2D eigenvalue weighted by Gasteiger charge is -1.86. The summed E-state index contributed by atoms with van der Waals surface area (Å²) in [5.41, 5.74) is 0. The highest BCUT2D eigenvalue weighted by molar-refractivity contribution is 6.61. The molecule has 0 N–H and O–H groups in total. The molecule has 0 aromatic heterocycles. The lowest BCUT2D eigenvalue weighted by molar-refractivity contribution is -0.112. The maximum atomic E-state index is 13.0. The maximum absolute atomic E-state index is 13.0. The van der Waals surface area contributed by atoms with Gasteiger partial charge < -0.3 is 0 Å². The Kier molecular flexibility index (Phi) is 1.48. The lowest BCUT2D eigenvalue weighted by atomic mass is 10.3. The van der Waals surface area contributed by atoms with Crippen LogP contribution in [0.5, 0.6) is 0 Å². The van der Waals surface area contributed by atoms with Crippen molar-refractivity contribution in [2.24, 2.45) is 4.99 Å². The van der Waals surface area contributed by atoms with Crippen LogP contribution in [-0.4, -0.2) is 5.91 Å². The molecular weight excluding hydrogens is 181 g/mol. The highest BCUT2D eigenvalue weighted by Crippen LogP contribution is 2.05. The van der Waals surface area contributed by atoms with Gasteiger partial charge in [-0.3, -0.25) is 4.79 Å². The summed E-state index contributed by atoms with van der Waals surface area (Å²) in [7, 11) is 0.